The average Bonchev–Trinajstić information content (AvgIpc) is 2.74. The van der Waals surface area contributed by atoms with Crippen molar-refractivity contribution in [3.8, 4) is 11.5 Å². The molecule has 1 aromatic rings. The Hall–Kier alpha value is -2.87. The summed E-state index contributed by atoms with van der Waals surface area (Å²) in [5, 5.41) is 0. The van der Waals surface area contributed by atoms with Crippen molar-refractivity contribution in [2.24, 2.45) is 0 Å². The fourth-order valence-corrected chi connectivity index (χ4v) is 2.64. The second-order valence-electron chi connectivity index (χ2n) is 6.82. The van der Waals surface area contributed by atoms with Crippen LogP contribution in [0.3, 0.4) is 0 Å². The van der Waals surface area contributed by atoms with Gasteiger partial charge in [0.2, 0.25) is 0 Å². The van der Waals surface area contributed by atoms with Crippen LogP contribution >= 0.6 is 0 Å². The van der Waals surface area contributed by atoms with E-state index in [9.17, 15) is 14.4 Å². The van der Waals surface area contributed by atoms with E-state index in [1.54, 1.807) is 31.2 Å². The molecule has 8 nitrogen and oxygen atoms in total. The summed E-state index contributed by atoms with van der Waals surface area (Å²) < 4.78 is 26.4. The second kappa shape index (κ2) is 12.6. The highest BCUT2D eigenvalue weighted by Crippen LogP contribution is 2.22. The molecule has 2 unspecified atom stereocenters. The monoisotopic (exact) mass is 420 g/mol. The molecule has 8 heteroatoms. The van der Waals surface area contributed by atoms with Crippen molar-refractivity contribution in [3.63, 3.8) is 0 Å². The van der Waals surface area contributed by atoms with Crippen LogP contribution in [0.4, 0.5) is 0 Å². The molecule has 1 saturated heterocycles. The van der Waals surface area contributed by atoms with Crippen molar-refractivity contribution in [1.82, 2.24) is 0 Å². The number of hydrogen-bond acceptors (Lipinski definition) is 8. The molecule has 1 aliphatic heterocycles. The van der Waals surface area contributed by atoms with Crippen LogP contribution < -0.4 is 9.47 Å². The Bertz CT molecular complexity index is 706. The van der Waals surface area contributed by atoms with Gasteiger partial charge in [0, 0.05) is 18.9 Å². The van der Waals surface area contributed by atoms with Gasteiger partial charge < -0.3 is 23.7 Å². The maximum Gasteiger partial charge on any atom is 0.330 e. The molecule has 2 rings (SSSR count). The van der Waals surface area contributed by atoms with E-state index >= 15 is 0 Å². The highest BCUT2D eigenvalue weighted by atomic mass is 16.7. The molecule has 1 heterocycles. The van der Waals surface area contributed by atoms with E-state index in [0.29, 0.717) is 24.5 Å². The van der Waals surface area contributed by atoms with Crippen molar-refractivity contribution >= 4 is 17.9 Å². The third kappa shape index (κ3) is 9.09. The van der Waals surface area contributed by atoms with Gasteiger partial charge in [0.05, 0.1) is 26.1 Å². The summed E-state index contributed by atoms with van der Waals surface area (Å²) in [6.45, 7) is 5.78. The van der Waals surface area contributed by atoms with E-state index in [-0.39, 0.29) is 25.7 Å². The molecule has 1 aliphatic rings. The molecule has 1 aromatic carbocycles. The first-order valence-electron chi connectivity index (χ1n) is 10.0. The van der Waals surface area contributed by atoms with Crippen LogP contribution in [0.5, 0.6) is 11.5 Å². The van der Waals surface area contributed by atoms with E-state index in [1.165, 1.54) is 0 Å². The highest BCUT2D eigenvalue weighted by Gasteiger charge is 2.16. The normalized spacial score (nSPS) is 16.8. The zero-order chi connectivity index (χ0) is 21.8. The minimum absolute atomic E-state index is 0.0889. The van der Waals surface area contributed by atoms with Gasteiger partial charge in [-0.3, -0.25) is 9.59 Å². The van der Waals surface area contributed by atoms with Gasteiger partial charge in [-0.2, -0.15) is 0 Å². The van der Waals surface area contributed by atoms with Crippen LogP contribution in [0.15, 0.2) is 36.9 Å². The fourth-order valence-electron chi connectivity index (χ4n) is 2.64. The van der Waals surface area contributed by atoms with Gasteiger partial charge in [0.25, 0.3) is 0 Å². The third-order valence-corrected chi connectivity index (χ3v) is 4.27. The van der Waals surface area contributed by atoms with Crippen LogP contribution in [0.2, 0.25) is 0 Å². The molecule has 0 radical (unpaired) electrons. The summed E-state index contributed by atoms with van der Waals surface area (Å²) >= 11 is 0. The molecule has 0 spiro atoms. The summed E-state index contributed by atoms with van der Waals surface area (Å²) in [5.41, 5.74) is 0. The average molecular weight is 420 g/mol. The van der Waals surface area contributed by atoms with Gasteiger partial charge in [-0.25, -0.2) is 4.79 Å². The Morgan fingerprint density at radius 2 is 1.83 bits per heavy atom. The van der Waals surface area contributed by atoms with Crippen LogP contribution in [0.25, 0.3) is 0 Å². The molecule has 0 saturated carbocycles. The summed E-state index contributed by atoms with van der Waals surface area (Å²) in [6, 6.07) is 6.66. The molecule has 0 bridgehead atoms. The lowest BCUT2D eigenvalue weighted by Gasteiger charge is -2.23. The Balaban J connectivity index is 1.62. The van der Waals surface area contributed by atoms with Crippen LogP contribution in [-0.4, -0.2) is 43.5 Å². The standard InChI is InChI=1S/C22H28O8/c1-3-19(23)28-16(2)13-15-26-20(24)11-12-21(25)29-17-7-9-18(10-8-17)30-22-6-4-5-14-27-22/h3,7-10,16,22H,1,4-6,11-15H2,2H3. The lowest BCUT2D eigenvalue weighted by molar-refractivity contribution is -0.149. The van der Waals surface area contributed by atoms with Crippen molar-refractivity contribution in [2.45, 2.75) is 57.8 Å². The molecule has 1 fully saturated rings. The smallest absolute Gasteiger partial charge is 0.330 e. The van der Waals surface area contributed by atoms with Gasteiger partial charge in [0.1, 0.15) is 17.6 Å². The molecule has 0 aliphatic carbocycles. The van der Waals surface area contributed by atoms with E-state index in [2.05, 4.69) is 6.58 Å². The quantitative estimate of drug-likeness (QED) is 0.305. The number of rotatable bonds is 11. The van der Waals surface area contributed by atoms with Gasteiger partial charge in [-0.1, -0.05) is 6.58 Å². The summed E-state index contributed by atoms with van der Waals surface area (Å²) in [7, 11) is 0. The van der Waals surface area contributed by atoms with E-state index in [1.807, 2.05) is 0 Å². The zero-order valence-electron chi connectivity index (χ0n) is 17.2. The summed E-state index contributed by atoms with van der Waals surface area (Å²) in [4.78, 5) is 34.7. The van der Waals surface area contributed by atoms with Crippen molar-refractivity contribution in [3.05, 3.63) is 36.9 Å². The number of hydrogen-bond donors (Lipinski definition) is 0. The maximum absolute atomic E-state index is 11.9. The Morgan fingerprint density at radius 1 is 1.13 bits per heavy atom. The minimum atomic E-state index is -0.537. The molecular formula is C22H28O8. The minimum Gasteiger partial charge on any atom is -0.466 e. The molecule has 0 N–H and O–H groups in total. The topological polar surface area (TPSA) is 97.4 Å². The first-order valence-corrected chi connectivity index (χ1v) is 10.0. The summed E-state index contributed by atoms with van der Waals surface area (Å²) in [5.74, 6) is -0.588. The van der Waals surface area contributed by atoms with Crippen LogP contribution in [0, 0.1) is 0 Å². The van der Waals surface area contributed by atoms with Crippen molar-refractivity contribution in [2.75, 3.05) is 13.2 Å². The number of carbonyl (C=O) groups is 3. The number of ether oxygens (including phenoxy) is 5. The van der Waals surface area contributed by atoms with Gasteiger partial charge in [-0.15, -0.1) is 0 Å². The Morgan fingerprint density at radius 3 is 2.50 bits per heavy atom. The molecule has 30 heavy (non-hydrogen) atoms. The maximum atomic E-state index is 11.9. The van der Waals surface area contributed by atoms with Crippen molar-refractivity contribution < 1.29 is 38.1 Å². The number of benzene rings is 1. The van der Waals surface area contributed by atoms with E-state index in [4.69, 9.17) is 23.7 Å². The highest BCUT2D eigenvalue weighted by molar-refractivity contribution is 5.81. The van der Waals surface area contributed by atoms with Crippen LogP contribution in [0.1, 0.15) is 45.4 Å². The first kappa shape index (κ1) is 23.4. The Kier molecular flexibility index (Phi) is 9.86. The van der Waals surface area contributed by atoms with Gasteiger partial charge >= 0.3 is 17.9 Å². The number of carbonyl (C=O) groups excluding carboxylic acids is 3. The lowest BCUT2D eigenvalue weighted by Crippen LogP contribution is -2.24. The first-order chi connectivity index (χ1) is 14.5. The fraction of sp³-hybridized carbons (Fsp3) is 0.500. The molecular weight excluding hydrogens is 392 g/mol. The predicted molar refractivity (Wildman–Crippen MR) is 107 cm³/mol. The molecule has 0 aromatic heterocycles. The summed E-state index contributed by atoms with van der Waals surface area (Å²) in [6.07, 6.45) is 3.56. The number of esters is 3. The van der Waals surface area contributed by atoms with Crippen molar-refractivity contribution in [1.29, 1.82) is 0 Å². The Labute approximate surface area is 176 Å². The third-order valence-electron chi connectivity index (χ3n) is 4.27. The predicted octanol–water partition coefficient (Wildman–Crippen LogP) is 3.33. The van der Waals surface area contributed by atoms with Gasteiger partial charge in [-0.05, 0) is 44.0 Å². The second-order valence-corrected chi connectivity index (χ2v) is 6.82. The van der Waals surface area contributed by atoms with E-state index < -0.39 is 24.0 Å². The van der Waals surface area contributed by atoms with Gasteiger partial charge in [0.15, 0.2) is 6.29 Å². The molecule has 164 valence electrons. The lowest BCUT2D eigenvalue weighted by atomic mass is 10.2. The SMILES string of the molecule is C=CC(=O)OC(C)CCOC(=O)CCC(=O)Oc1ccc(OC2CCCCO2)cc1. The largest absolute Gasteiger partial charge is 0.466 e. The zero-order valence-corrected chi connectivity index (χ0v) is 17.2. The molecule has 2 atom stereocenters. The van der Waals surface area contributed by atoms with Crippen LogP contribution in [-0.2, 0) is 28.6 Å². The van der Waals surface area contributed by atoms with E-state index in [0.717, 1.165) is 25.3 Å². The molecule has 0 amide bonds.